The first-order chi connectivity index (χ1) is 15.1. The highest BCUT2D eigenvalue weighted by Gasteiger charge is 2.14. The molecular formula is C24H20N4O2S. The minimum atomic E-state index is -0.145. The molecule has 0 saturated carbocycles. The summed E-state index contributed by atoms with van der Waals surface area (Å²) in [6.07, 6.45) is 0.197. The number of imidazole rings is 1. The summed E-state index contributed by atoms with van der Waals surface area (Å²) in [6, 6.07) is 23.3. The Hall–Kier alpha value is -3.71. The van der Waals surface area contributed by atoms with Crippen LogP contribution in [-0.2, 0) is 18.4 Å². The zero-order valence-corrected chi connectivity index (χ0v) is 17.7. The molecule has 0 radical (unpaired) electrons. The maximum Gasteiger partial charge on any atom is 0.328 e. The van der Waals surface area contributed by atoms with Gasteiger partial charge < -0.3 is 5.32 Å². The molecule has 3 aromatic carbocycles. The van der Waals surface area contributed by atoms with Crippen molar-refractivity contribution in [2.75, 3.05) is 5.32 Å². The normalized spacial score (nSPS) is 11.3. The Kier molecular flexibility index (Phi) is 4.88. The fourth-order valence-electron chi connectivity index (χ4n) is 3.77. The van der Waals surface area contributed by atoms with Crippen LogP contribution in [-0.4, -0.2) is 20.0 Å². The van der Waals surface area contributed by atoms with Crippen LogP contribution < -0.4 is 11.0 Å². The van der Waals surface area contributed by atoms with Gasteiger partial charge in [-0.25, -0.2) is 9.78 Å². The van der Waals surface area contributed by atoms with Crippen LogP contribution in [0.15, 0.2) is 77.6 Å². The highest BCUT2D eigenvalue weighted by Crippen LogP contribution is 2.34. The molecule has 5 aromatic rings. The lowest BCUT2D eigenvalue weighted by molar-refractivity contribution is -0.116. The van der Waals surface area contributed by atoms with Gasteiger partial charge in [-0.2, -0.15) is 0 Å². The number of hydrogen-bond donors (Lipinski definition) is 1. The molecule has 154 valence electrons. The molecule has 0 spiro atoms. The molecule has 2 aromatic heterocycles. The lowest BCUT2D eigenvalue weighted by atomic mass is 10.2. The van der Waals surface area contributed by atoms with Gasteiger partial charge in [0.2, 0.25) is 5.91 Å². The molecule has 0 fully saturated rings. The molecule has 0 unspecified atom stereocenters. The molecule has 0 aliphatic carbocycles. The topological polar surface area (TPSA) is 68.9 Å². The predicted octanol–water partition coefficient (Wildman–Crippen LogP) is 4.65. The first kappa shape index (κ1) is 19.3. The first-order valence-electron chi connectivity index (χ1n) is 10.0. The Morgan fingerprint density at radius 1 is 0.968 bits per heavy atom. The Morgan fingerprint density at radius 3 is 2.52 bits per heavy atom. The average molecular weight is 429 g/mol. The van der Waals surface area contributed by atoms with Crippen LogP contribution in [0.1, 0.15) is 6.42 Å². The number of nitrogens with zero attached hydrogens (tertiary/aromatic N) is 3. The Balaban J connectivity index is 1.37. The van der Waals surface area contributed by atoms with Crippen molar-refractivity contribution in [2.45, 2.75) is 13.0 Å². The van der Waals surface area contributed by atoms with Gasteiger partial charge in [0.25, 0.3) is 0 Å². The second-order valence-corrected chi connectivity index (χ2v) is 8.34. The van der Waals surface area contributed by atoms with E-state index in [-0.39, 0.29) is 18.0 Å². The summed E-state index contributed by atoms with van der Waals surface area (Å²) >= 11 is 1.60. The summed E-state index contributed by atoms with van der Waals surface area (Å²) in [7, 11) is 1.75. The van der Waals surface area contributed by atoms with Crippen LogP contribution in [0.5, 0.6) is 0 Å². The van der Waals surface area contributed by atoms with E-state index in [4.69, 9.17) is 4.98 Å². The second kappa shape index (κ2) is 7.85. The third-order valence-corrected chi connectivity index (χ3v) is 6.41. The molecule has 7 heteroatoms. The number of para-hydroxylation sites is 4. The standard InChI is InChI=1S/C24H20N4O2S/c1-27-19-11-5-6-12-20(19)28(24(27)30)15-14-22(29)25-17-9-3-2-8-16(17)23-26-18-10-4-7-13-21(18)31-23/h2-13H,14-15H2,1H3,(H,25,29). The van der Waals surface area contributed by atoms with Crippen molar-refractivity contribution in [1.82, 2.24) is 14.1 Å². The number of nitrogens with one attached hydrogen (secondary N) is 1. The van der Waals surface area contributed by atoms with E-state index in [0.29, 0.717) is 6.54 Å². The first-order valence-corrected chi connectivity index (χ1v) is 10.8. The van der Waals surface area contributed by atoms with E-state index in [0.717, 1.165) is 37.5 Å². The highest BCUT2D eigenvalue weighted by atomic mass is 32.1. The molecule has 2 heterocycles. The molecule has 5 rings (SSSR count). The molecule has 0 aliphatic rings. The monoisotopic (exact) mass is 428 g/mol. The number of fused-ring (bicyclic) bond motifs is 2. The SMILES string of the molecule is Cn1c(=O)n(CCC(=O)Nc2ccccc2-c2nc3ccccc3s2)c2ccccc21. The van der Waals surface area contributed by atoms with E-state index >= 15 is 0 Å². The van der Waals surface area contributed by atoms with Crippen molar-refractivity contribution in [1.29, 1.82) is 0 Å². The van der Waals surface area contributed by atoms with Gasteiger partial charge in [-0.3, -0.25) is 13.9 Å². The third-order valence-electron chi connectivity index (χ3n) is 5.34. The van der Waals surface area contributed by atoms with Gasteiger partial charge in [0.15, 0.2) is 0 Å². The van der Waals surface area contributed by atoms with Gasteiger partial charge in [-0.05, 0) is 36.4 Å². The fraction of sp³-hybridized carbons (Fsp3) is 0.125. The van der Waals surface area contributed by atoms with Crippen molar-refractivity contribution in [3.8, 4) is 10.6 Å². The zero-order chi connectivity index (χ0) is 21.4. The number of anilines is 1. The molecule has 1 amide bonds. The molecule has 0 saturated heterocycles. The number of hydrogen-bond acceptors (Lipinski definition) is 4. The molecule has 6 nitrogen and oxygen atoms in total. The van der Waals surface area contributed by atoms with Crippen molar-refractivity contribution < 1.29 is 4.79 Å². The van der Waals surface area contributed by atoms with Crippen molar-refractivity contribution >= 4 is 44.2 Å². The maximum atomic E-state index is 12.7. The number of amides is 1. The van der Waals surface area contributed by atoms with Crippen LogP contribution in [0, 0.1) is 0 Å². The van der Waals surface area contributed by atoms with E-state index in [1.807, 2.05) is 72.8 Å². The van der Waals surface area contributed by atoms with E-state index in [1.54, 1.807) is 27.5 Å². The lowest BCUT2D eigenvalue weighted by Crippen LogP contribution is -2.24. The number of aryl methyl sites for hydroxylation is 2. The van der Waals surface area contributed by atoms with Gasteiger partial charge in [-0.15, -0.1) is 11.3 Å². The van der Waals surface area contributed by atoms with Gasteiger partial charge in [0.05, 0.1) is 26.9 Å². The predicted molar refractivity (Wildman–Crippen MR) is 125 cm³/mol. The molecule has 0 bridgehead atoms. The largest absolute Gasteiger partial charge is 0.328 e. The third kappa shape index (κ3) is 3.53. The zero-order valence-electron chi connectivity index (χ0n) is 16.9. The molecule has 0 atom stereocenters. The Bertz CT molecular complexity index is 1450. The van der Waals surface area contributed by atoms with Crippen molar-refractivity contribution in [3.05, 3.63) is 83.3 Å². The van der Waals surface area contributed by atoms with Crippen LogP contribution in [0.4, 0.5) is 5.69 Å². The van der Waals surface area contributed by atoms with E-state index < -0.39 is 0 Å². The van der Waals surface area contributed by atoms with Crippen molar-refractivity contribution in [3.63, 3.8) is 0 Å². The highest BCUT2D eigenvalue weighted by molar-refractivity contribution is 7.21. The quantitative estimate of drug-likeness (QED) is 0.443. The molecular weight excluding hydrogens is 408 g/mol. The minimum Gasteiger partial charge on any atom is -0.325 e. The van der Waals surface area contributed by atoms with Crippen LogP contribution in [0.25, 0.3) is 31.8 Å². The minimum absolute atomic E-state index is 0.121. The van der Waals surface area contributed by atoms with Gasteiger partial charge in [-0.1, -0.05) is 36.4 Å². The van der Waals surface area contributed by atoms with Crippen molar-refractivity contribution in [2.24, 2.45) is 7.05 Å². The van der Waals surface area contributed by atoms with E-state index in [2.05, 4.69) is 5.32 Å². The van der Waals surface area contributed by atoms with Gasteiger partial charge >= 0.3 is 5.69 Å². The number of carbonyl (C=O) groups excluding carboxylic acids is 1. The molecule has 31 heavy (non-hydrogen) atoms. The summed E-state index contributed by atoms with van der Waals surface area (Å²) < 4.78 is 4.36. The van der Waals surface area contributed by atoms with E-state index in [1.165, 1.54) is 0 Å². The summed E-state index contributed by atoms with van der Waals surface area (Å²) in [6.45, 7) is 0.315. The lowest BCUT2D eigenvalue weighted by Gasteiger charge is -2.10. The fourth-order valence-corrected chi connectivity index (χ4v) is 4.78. The molecule has 0 aliphatic heterocycles. The number of rotatable bonds is 5. The number of thiazole rings is 1. The summed E-state index contributed by atoms with van der Waals surface area (Å²) in [4.78, 5) is 30.0. The van der Waals surface area contributed by atoms with Gasteiger partial charge in [0.1, 0.15) is 5.01 Å². The van der Waals surface area contributed by atoms with Crippen LogP contribution in [0.2, 0.25) is 0 Å². The van der Waals surface area contributed by atoms with Gasteiger partial charge in [0, 0.05) is 25.6 Å². The maximum absolute atomic E-state index is 12.7. The summed E-state index contributed by atoms with van der Waals surface area (Å²) in [5, 5.41) is 3.87. The summed E-state index contributed by atoms with van der Waals surface area (Å²) in [5.74, 6) is -0.145. The van der Waals surface area contributed by atoms with E-state index in [9.17, 15) is 9.59 Å². The number of carbonyl (C=O) groups is 1. The summed E-state index contributed by atoms with van der Waals surface area (Å²) in [5.41, 5.74) is 4.12. The Morgan fingerprint density at radius 2 is 1.68 bits per heavy atom. The Labute approximate surface area is 182 Å². The second-order valence-electron chi connectivity index (χ2n) is 7.31. The average Bonchev–Trinajstić information content (AvgIpc) is 3.32. The molecule has 1 N–H and O–H groups in total. The smallest absolute Gasteiger partial charge is 0.325 e. The number of aromatic nitrogens is 3. The van der Waals surface area contributed by atoms with Crippen LogP contribution >= 0.6 is 11.3 Å². The number of benzene rings is 3. The van der Waals surface area contributed by atoms with Crippen LogP contribution in [0.3, 0.4) is 0 Å².